The first-order chi connectivity index (χ1) is 12.1. The van der Waals surface area contributed by atoms with Crippen molar-refractivity contribution in [3.8, 4) is 0 Å². The van der Waals surface area contributed by atoms with E-state index in [2.05, 4.69) is 42.5 Å². The molecule has 1 N–H and O–H groups in total. The highest BCUT2D eigenvalue weighted by atomic mass is 16.5. The van der Waals surface area contributed by atoms with E-state index < -0.39 is 0 Å². The number of anilines is 1. The first kappa shape index (κ1) is 17.4. The molecule has 0 radical (unpaired) electrons. The van der Waals surface area contributed by atoms with Crippen LogP contribution >= 0.6 is 0 Å². The third-order valence-electron chi connectivity index (χ3n) is 4.18. The zero-order valence-electron chi connectivity index (χ0n) is 15.0. The van der Waals surface area contributed by atoms with Crippen molar-refractivity contribution in [2.45, 2.75) is 39.7 Å². The fourth-order valence-corrected chi connectivity index (χ4v) is 2.82. The summed E-state index contributed by atoms with van der Waals surface area (Å²) in [5.41, 5.74) is 2.93. The van der Waals surface area contributed by atoms with E-state index in [-0.39, 0.29) is 5.91 Å². The van der Waals surface area contributed by atoms with E-state index in [1.165, 1.54) is 5.56 Å². The molecular weight excluding hydrogens is 316 g/mol. The first-order valence-electron chi connectivity index (χ1n) is 8.69. The number of benzene rings is 1. The molecule has 0 spiro atoms. The summed E-state index contributed by atoms with van der Waals surface area (Å²) in [4.78, 5) is 16.9. The molecule has 0 atom stereocenters. The number of rotatable bonds is 7. The number of fused-ring (bicyclic) bond motifs is 2. The van der Waals surface area contributed by atoms with Crippen LogP contribution in [0.3, 0.4) is 0 Å². The Morgan fingerprint density at radius 1 is 1.32 bits per heavy atom. The quantitative estimate of drug-likeness (QED) is 0.712. The lowest BCUT2D eigenvalue weighted by Gasteiger charge is -2.03. The van der Waals surface area contributed by atoms with E-state index in [9.17, 15) is 4.79 Å². The number of carbonyl (C=O) groups excluding carboxylic acids is 1. The smallest absolute Gasteiger partial charge is 0.227 e. The van der Waals surface area contributed by atoms with Crippen molar-refractivity contribution in [3.63, 3.8) is 0 Å². The van der Waals surface area contributed by atoms with Crippen LogP contribution in [0, 0.1) is 6.92 Å². The van der Waals surface area contributed by atoms with Crippen molar-refractivity contribution in [2.24, 2.45) is 0 Å². The second-order valence-electron chi connectivity index (χ2n) is 6.27. The number of nitrogens with one attached hydrogen (secondary N) is 1. The normalized spacial score (nSPS) is 11.3. The highest BCUT2D eigenvalue weighted by molar-refractivity contribution is 6.02. The number of nitrogens with zero attached hydrogens (tertiary/aromatic N) is 3. The lowest BCUT2D eigenvalue weighted by molar-refractivity contribution is -0.117. The summed E-state index contributed by atoms with van der Waals surface area (Å²) >= 11 is 0. The van der Waals surface area contributed by atoms with Crippen LogP contribution in [0.25, 0.3) is 21.9 Å². The molecule has 0 aliphatic rings. The van der Waals surface area contributed by atoms with Gasteiger partial charge >= 0.3 is 0 Å². The Bertz CT molecular complexity index is 901. The highest BCUT2D eigenvalue weighted by Crippen LogP contribution is 2.27. The molecule has 0 bridgehead atoms. The summed E-state index contributed by atoms with van der Waals surface area (Å²) < 4.78 is 6.86. The zero-order valence-corrected chi connectivity index (χ0v) is 15.0. The van der Waals surface area contributed by atoms with Crippen molar-refractivity contribution >= 4 is 33.7 Å². The maximum absolute atomic E-state index is 12.1. The number of aryl methyl sites for hydroxylation is 2. The van der Waals surface area contributed by atoms with E-state index in [1.807, 2.05) is 10.7 Å². The molecule has 0 saturated carbocycles. The molecule has 2 heterocycles. The van der Waals surface area contributed by atoms with Crippen LogP contribution in [0.15, 0.2) is 24.3 Å². The number of methoxy groups -OCH3 is 1. The third-order valence-corrected chi connectivity index (χ3v) is 4.18. The number of ether oxygens (including phenoxy) is 1. The average Bonchev–Trinajstić information content (AvgIpc) is 2.93. The molecule has 25 heavy (non-hydrogen) atoms. The largest absolute Gasteiger partial charge is 0.384 e. The zero-order chi connectivity index (χ0) is 17.8. The fraction of sp³-hybridized carbons (Fsp3) is 0.421. The summed E-state index contributed by atoms with van der Waals surface area (Å²) in [5, 5.41) is 9.43. The number of unbranched alkanes of at least 4 members (excludes halogenated alkanes) is 1. The predicted octanol–water partition coefficient (Wildman–Crippen LogP) is 3.67. The van der Waals surface area contributed by atoms with Gasteiger partial charge in [-0.25, -0.2) is 9.67 Å². The molecule has 3 aromatic rings. The lowest BCUT2D eigenvalue weighted by atomic mass is 10.1. The monoisotopic (exact) mass is 340 g/mol. The Hall–Kier alpha value is -2.47. The summed E-state index contributed by atoms with van der Waals surface area (Å²) in [6, 6.07) is 8.24. The van der Waals surface area contributed by atoms with Gasteiger partial charge in [0.25, 0.3) is 0 Å². The molecule has 132 valence electrons. The summed E-state index contributed by atoms with van der Waals surface area (Å²) in [6.07, 6.45) is 2.39. The standard InChI is InChI=1S/C19H24N4O2/c1-4-5-9-23-19-15(18(22-23)21-17(24)8-10-25-3)12-14-11-13(2)6-7-16(14)20-19/h6-7,11-12H,4-5,8-10H2,1-3H3,(H,21,22,24). The molecule has 0 fully saturated rings. The van der Waals surface area contributed by atoms with Crippen LogP contribution in [0.2, 0.25) is 0 Å². The Balaban J connectivity index is 2.06. The van der Waals surface area contributed by atoms with Crippen molar-refractivity contribution in [3.05, 3.63) is 29.8 Å². The third kappa shape index (κ3) is 3.79. The Morgan fingerprint density at radius 2 is 2.16 bits per heavy atom. The molecule has 0 aliphatic heterocycles. The number of amides is 1. The number of pyridine rings is 1. The van der Waals surface area contributed by atoms with Gasteiger partial charge in [0.05, 0.1) is 23.9 Å². The molecule has 6 nitrogen and oxygen atoms in total. The van der Waals surface area contributed by atoms with Crippen molar-refractivity contribution < 1.29 is 9.53 Å². The van der Waals surface area contributed by atoms with Crippen molar-refractivity contribution in [2.75, 3.05) is 19.0 Å². The summed E-state index contributed by atoms with van der Waals surface area (Å²) in [5.74, 6) is 0.469. The number of aromatic nitrogens is 3. The first-order valence-corrected chi connectivity index (χ1v) is 8.69. The van der Waals surface area contributed by atoms with Crippen molar-refractivity contribution in [1.82, 2.24) is 14.8 Å². The minimum atomic E-state index is -0.103. The predicted molar refractivity (Wildman–Crippen MR) is 99.8 cm³/mol. The van der Waals surface area contributed by atoms with Gasteiger partial charge in [-0.1, -0.05) is 25.0 Å². The second-order valence-corrected chi connectivity index (χ2v) is 6.27. The Labute approximate surface area is 147 Å². The molecule has 0 aliphatic carbocycles. The molecule has 6 heteroatoms. The number of carbonyl (C=O) groups is 1. The topological polar surface area (TPSA) is 69.0 Å². The van der Waals surface area contributed by atoms with Crippen LogP contribution < -0.4 is 5.32 Å². The van der Waals surface area contributed by atoms with Crippen LogP contribution in [0.4, 0.5) is 5.82 Å². The highest BCUT2D eigenvalue weighted by Gasteiger charge is 2.15. The Morgan fingerprint density at radius 3 is 2.92 bits per heavy atom. The van der Waals surface area contributed by atoms with Gasteiger partial charge in [-0.05, 0) is 31.5 Å². The lowest BCUT2D eigenvalue weighted by Crippen LogP contribution is -2.14. The SMILES string of the molecule is CCCCn1nc(NC(=O)CCOC)c2cc3cc(C)ccc3nc21. The summed E-state index contributed by atoms with van der Waals surface area (Å²) in [7, 11) is 1.58. The maximum atomic E-state index is 12.1. The van der Waals surface area contributed by atoms with Gasteiger partial charge in [-0.2, -0.15) is 5.10 Å². The van der Waals surface area contributed by atoms with Crippen LogP contribution in [-0.4, -0.2) is 34.4 Å². The van der Waals surface area contributed by atoms with Crippen LogP contribution in [-0.2, 0) is 16.1 Å². The van der Waals surface area contributed by atoms with Gasteiger partial charge < -0.3 is 10.1 Å². The molecule has 1 amide bonds. The van der Waals surface area contributed by atoms with E-state index >= 15 is 0 Å². The molecular formula is C19H24N4O2. The second kappa shape index (κ2) is 7.61. The van der Waals surface area contributed by atoms with Gasteiger partial charge in [-0.15, -0.1) is 0 Å². The van der Waals surface area contributed by atoms with Crippen molar-refractivity contribution in [1.29, 1.82) is 0 Å². The van der Waals surface area contributed by atoms with Crippen LogP contribution in [0.5, 0.6) is 0 Å². The number of hydrogen-bond donors (Lipinski definition) is 1. The number of hydrogen-bond acceptors (Lipinski definition) is 4. The van der Waals surface area contributed by atoms with E-state index in [4.69, 9.17) is 9.72 Å². The average molecular weight is 340 g/mol. The minimum absolute atomic E-state index is 0.103. The molecule has 1 aromatic carbocycles. The summed E-state index contributed by atoms with van der Waals surface area (Å²) in [6.45, 7) is 5.37. The Kier molecular flexibility index (Phi) is 5.28. The van der Waals surface area contributed by atoms with Gasteiger partial charge in [0.15, 0.2) is 11.5 Å². The van der Waals surface area contributed by atoms with E-state index in [0.29, 0.717) is 18.8 Å². The maximum Gasteiger partial charge on any atom is 0.227 e. The van der Waals surface area contributed by atoms with Gasteiger partial charge in [-0.3, -0.25) is 4.79 Å². The molecule has 0 unspecified atom stereocenters. The van der Waals surface area contributed by atoms with Gasteiger partial charge in [0, 0.05) is 19.0 Å². The minimum Gasteiger partial charge on any atom is -0.384 e. The van der Waals surface area contributed by atoms with Gasteiger partial charge in [0.2, 0.25) is 5.91 Å². The molecule has 0 saturated heterocycles. The fourth-order valence-electron chi connectivity index (χ4n) is 2.82. The van der Waals surface area contributed by atoms with Gasteiger partial charge in [0.1, 0.15) is 0 Å². The van der Waals surface area contributed by atoms with E-state index in [0.717, 1.165) is 41.3 Å². The van der Waals surface area contributed by atoms with Crippen LogP contribution in [0.1, 0.15) is 31.7 Å². The molecule has 2 aromatic heterocycles. The molecule has 3 rings (SSSR count). The van der Waals surface area contributed by atoms with E-state index in [1.54, 1.807) is 7.11 Å².